The number of rotatable bonds is 6. The summed E-state index contributed by atoms with van der Waals surface area (Å²) in [5.41, 5.74) is 6.93. The van der Waals surface area contributed by atoms with Gasteiger partial charge >= 0.3 is 0 Å². The third-order valence-electron chi connectivity index (χ3n) is 3.17. The quantitative estimate of drug-likeness (QED) is 0.801. The fraction of sp³-hybridized carbons (Fsp3) is 0.312. The highest BCUT2D eigenvalue weighted by Gasteiger charge is 2.15. The Morgan fingerprint density at radius 3 is 2.76 bits per heavy atom. The van der Waals surface area contributed by atoms with Gasteiger partial charge < -0.3 is 15.8 Å². The minimum atomic E-state index is -0.120. The van der Waals surface area contributed by atoms with Crippen molar-refractivity contribution < 1.29 is 9.53 Å². The van der Waals surface area contributed by atoms with Crippen molar-refractivity contribution in [2.45, 2.75) is 26.3 Å². The number of anilines is 1. The van der Waals surface area contributed by atoms with Gasteiger partial charge in [0, 0.05) is 10.4 Å². The van der Waals surface area contributed by atoms with Crippen molar-refractivity contribution in [2.75, 3.05) is 12.3 Å². The van der Waals surface area contributed by atoms with Crippen LogP contribution in [0.15, 0.2) is 35.7 Å². The zero-order valence-corrected chi connectivity index (χ0v) is 13.1. The predicted octanol–water partition coefficient (Wildman–Crippen LogP) is 3.61. The number of benzene rings is 1. The number of amides is 1. The van der Waals surface area contributed by atoms with E-state index in [0.717, 1.165) is 11.3 Å². The molecular formula is C16H20N2O2S. The van der Waals surface area contributed by atoms with E-state index < -0.39 is 0 Å². The van der Waals surface area contributed by atoms with E-state index in [1.54, 1.807) is 29.5 Å². The van der Waals surface area contributed by atoms with Crippen molar-refractivity contribution in [1.29, 1.82) is 0 Å². The third-order valence-corrected chi connectivity index (χ3v) is 4.16. The SMILES string of the molecule is CCOc1ccc(C(=O)NC(CC)c2cccs2)cc1N. The van der Waals surface area contributed by atoms with Gasteiger partial charge in [-0.25, -0.2) is 0 Å². The van der Waals surface area contributed by atoms with Crippen LogP contribution in [0.25, 0.3) is 0 Å². The molecule has 0 aliphatic carbocycles. The summed E-state index contributed by atoms with van der Waals surface area (Å²) in [6, 6.07) is 9.18. The number of hydrogen-bond donors (Lipinski definition) is 2. The highest BCUT2D eigenvalue weighted by Crippen LogP contribution is 2.25. The van der Waals surface area contributed by atoms with E-state index in [1.165, 1.54) is 0 Å². The molecule has 0 spiro atoms. The molecule has 1 heterocycles. The zero-order chi connectivity index (χ0) is 15.2. The molecule has 0 fully saturated rings. The number of carbonyl (C=O) groups excluding carboxylic acids is 1. The van der Waals surface area contributed by atoms with Gasteiger partial charge in [-0.1, -0.05) is 13.0 Å². The van der Waals surface area contributed by atoms with Gasteiger partial charge in [0.15, 0.2) is 0 Å². The van der Waals surface area contributed by atoms with Gasteiger partial charge in [0.25, 0.3) is 5.91 Å². The first-order chi connectivity index (χ1) is 10.2. The summed E-state index contributed by atoms with van der Waals surface area (Å²) >= 11 is 1.65. The van der Waals surface area contributed by atoms with Gasteiger partial charge in [0.1, 0.15) is 5.75 Å². The highest BCUT2D eigenvalue weighted by molar-refractivity contribution is 7.10. The summed E-state index contributed by atoms with van der Waals surface area (Å²) in [6.07, 6.45) is 0.846. The molecule has 0 aliphatic rings. The molecule has 1 amide bonds. The minimum absolute atomic E-state index is 0.0327. The van der Waals surface area contributed by atoms with Crippen LogP contribution in [0.4, 0.5) is 5.69 Å². The van der Waals surface area contributed by atoms with E-state index in [0.29, 0.717) is 23.6 Å². The number of nitrogens with one attached hydrogen (secondary N) is 1. The fourth-order valence-corrected chi connectivity index (χ4v) is 2.94. The van der Waals surface area contributed by atoms with Crippen LogP contribution in [-0.4, -0.2) is 12.5 Å². The Labute approximate surface area is 128 Å². The molecule has 5 heteroatoms. The lowest BCUT2D eigenvalue weighted by molar-refractivity contribution is 0.0936. The Hall–Kier alpha value is -2.01. The monoisotopic (exact) mass is 304 g/mol. The number of nitrogen functional groups attached to an aromatic ring is 1. The number of hydrogen-bond acceptors (Lipinski definition) is 4. The van der Waals surface area contributed by atoms with Gasteiger partial charge in [-0.05, 0) is 43.0 Å². The molecule has 0 bridgehead atoms. The van der Waals surface area contributed by atoms with Gasteiger partial charge in [-0.3, -0.25) is 4.79 Å². The fourth-order valence-electron chi connectivity index (χ4n) is 2.08. The van der Waals surface area contributed by atoms with E-state index in [2.05, 4.69) is 12.2 Å². The lowest BCUT2D eigenvalue weighted by atomic mass is 10.1. The average Bonchev–Trinajstić information content (AvgIpc) is 3.01. The Bertz CT molecular complexity index is 596. The van der Waals surface area contributed by atoms with E-state index in [4.69, 9.17) is 10.5 Å². The molecule has 0 aliphatic heterocycles. The second kappa shape index (κ2) is 7.13. The normalized spacial score (nSPS) is 11.9. The number of ether oxygens (including phenoxy) is 1. The van der Waals surface area contributed by atoms with Crippen LogP contribution in [0.1, 0.15) is 41.5 Å². The molecular weight excluding hydrogens is 284 g/mol. The summed E-state index contributed by atoms with van der Waals surface area (Å²) < 4.78 is 5.38. The van der Waals surface area contributed by atoms with Crippen LogP contribution >= 0.6 is 11.3 Å². The first-order valence-corrected chi connectivity index (χ1v) is 7.90. The molecule has 1 aromatic carbocycles. The van der Waals surface area contributed by atoms with Crippen LogP contribution in [0.5, 0.6) is 5.75 Å². The maximum Gasteiger partial charge on any atom is 0.251 e. The standard InChI is InChI=1S/C16H20N2O2S/c1-3-13(15-6-5-9-21-15)18-16(19)11-7-8-14(20-4-2)12(17)10-11/h5-10,13H,3-4,17H2,1-2H3,(H,18,19). The first kappa shape index (κ1) is 15.4. The maximum absolute atomic E-state index is 12.3. The third kappa shape index (κ3) is 3.76. The lowest BCUT2D eigenvalue weighted by Crippen LogP contribution is -2.27. The van der Waals surface area contributed by atoms with Crippen LogP contribution in [0.2, 0.25) is 0 Å². The van der Waals surface area contributed by atoms with Crippen LogP contribution < -0.4 is 15.8 Å². The minimum Gasteiger partial charge on any atom is -0.492 e. The molecule has 21 heavy (non-hydrogen) atoms. The molecule has 4 nitrogen and oxygen atoms in total. The largest absolute Gasteiger partial charge is 0.492 e. The first-order valence-electron chi connectivity index (χ1n) is 7.02. The Morgan fingerprint density at radius 1 is 1.38 bits per heavy atom. The second-order valence-electron chi connectivity index (χ2n) is 4.64. The van der Waals surface area contributed by atoms with Gasteiger partial charge in [0.2, 0.25) is 0 Å². The molecule has 1 atom stereocenters. The molecule has 0 saturated heterocycles. The number of carbonyl (C=O) groups is 1. The molecule has 2 rings (SSSR count). The van der Waals surface area contributed by atoms with Gasteiger partial charge in [-0.15, -0.1) is 11.3 Å². The molecule has 1 aromatic heterocycles. The van der Waals surface area contributed by atoms with Crippen molar-refractivity contribution in [3.63, 3.8) is 0 Å². The number of nitrogens with two attached hydrogens (primary N) is 1. The summed E-state index contributed by atoms with van der Waals surface area (Å²) in [6.45, 7) is 4.50. The van der Waals surface area contributed by atoms with Gasteiger partial charge in [-0.2, -0.15) is 0 Å². The van der Waals surface area contributed by atoms with Crippen molar-refractivity contribution >= 4 is 22.9 Å². The molecule has 2 aromatic rings. The molecule has 0 saturated carbocycles. The average molecular weight is 304 g/mol. The Balaban J connectivity index is 2.11. The Morgan fingerprint density at radius 2 is 2.19 bits per heavy atom. The number of thiophene rings is 1. The van der Waals surface area contributed by atoms with E-state index in [1.807, 2.05) is 24.4 Å². The second-order valence-corrected chi connectivity index (χ2v) is 5.61. The van der Waals surface area contributed by atoms with Crippen LogP contribution in [0, 0.1) is 0 Å². The van der Waals surface area contributed by atoms with Crippen molar-refractivity contribution in [2.24, 2.45) is 0 Å². The van der Waals surface area contributed by atoms with E-state index >= 15 is 0 Å². The molecule has 112 valence electrons. The van der Waals surface area contributed by atoms with E-state index in [-0.39, 0.29) is 11.9 Å². The summed E-state index contributed by atoms with van der Waals surface area (Å²) in [5, 5.41) is 5.05. The van der Waals surface area contributed by atoms with Crippen LogP contribution in [-0.2, 0) is 0 Å². The predicted molar refractivity (Wildman–Crippen MR) is 86.8 cm³/mol. The lowest BCUT2D eigenvalue weighted by Gasteiger charge is -2.16. The van der Waals surface area contributed by atoms with Crippen molar-refractivity contribution in [3.8, 4) is 5.75 Å². The van der Waals surface area contributed by atoms with E-state index in [9.17, 15) is 4.79 Å². The topological polar surface area (TPSA) is 64.3 Å². The highest BCUT2D eigenvalue weighted by atomic mass is 32.1. The smallest absolute Gasteiger partial charge is 0.251 e. The van der Waals surface area contributed by atoms with Crippen molar-refractivity contribution in [1.82, 2.24) is 5.32 Å². The Kier molecular flexibility index (Phi) is 5.22. The molecule has 3 N–H and O–H groups in total. The maximum atomic E-state index is 12.3. The van der Waals surface area contributed by atoms with Crippen molar-refractivity contribution in [3.05, 3.63) is 46.2 Å². The summed E-state index contributed by atoms with van der Waals surface area (Å²) in [5.74, 6) is 0.490. The molecule has 0 radical (unpaired) electrons. The molecule has 1 unspecified atom stereocenters. The van der Waals surface area contributed by atoms with Gasteiger partial charge in [0.05, 0.1) is 18.3 Å². The van der Waals surface area contributed by atoms with Crippen LogP contribution in [0.3, 0.4) is 0 Å². The summed E-state index contributed by atoms with van der Waals surface area (Å²) in [4.78, 5) is 13.5. The zero-order valence-electron chi connectivity index (χ0n) is 12.3. The summed E-state index contributed by atoms with van der Waals surface area (Å²) in [7, 11) is 0.